The van der Waals surface area contributed by atoms with Crippen LogP contribution in [0.4, 0.5) is 0 Å². The molecule has 1 aliphatic carbocycles. The third-order valence-electron chi connectivity index (χ3n) is 4.21. The third kappa shape index (κ3) is 3.80. The van der Waals surface area contributed by atoms with Gasteiger partial charge in [-0.3, -0.25) is 4.79 Å². The van der Waals surface area contributed by atoms with Gasteiger partial charge in [0.15, 0.2) is 0 Å². The van der Waals surface area contributed by atoms with Crippen LogP contribution in [-0.4, -0.2) is 11.9 Å². The van der Waals surface area contributed by atoms with Crippen molar-refractivity contribution < 1.29 is 4.79 Å². The predicted octanol–water partition coefficient (Wildman–Crippen LogP) is 2.84. The minimum atomic E-state index is 0.0449. The normalized spacial score (nSPS) is 23.1. The number of hydrogen-bond acceptors (Lipinski definition) is 2. The molecule has 1 aromatic rings. The summed E-state index contributed by atoms with van der Waals surface area (Å²) in [6.45, 7) is 2.77. The highest BCUT2D eigenvalue weighted by molar-refractivity contribution is 5.94. The van der Waals surface area contributed by atoms with Crippen molar-refractivity contribution in [2.75, 3.05) is 0 Å². The maximum absolute atomic E-state index is 12.1. The molecule has 104 valence electrons. The average molecular weight is 260 g/mol. The first-order valence-electron chi connectivity index (χ1n) is 7.32. The number of carbonyl (C=O) groups is 1. The lowest BCUT2D eigenvalue weighted by atomic mass is 9.84. The summed E-state index contributed by atoms with van der Waals surface area (Å²) >= 11 is 0. The molecular formula is C16H24N2O. The monoisotopic (exact) mass is 260 g/mol. The molecule has 2 rings (SSSR count). The second-order valence-corrected chi connectivity index (χ2v) is 5.50. The van der Waals surface area contributed by atoms with Crippen molar-refractivity contribution >= 4 is 5.91 Å². The molecule has 3 heteroatoms. The fourth-order valence-corrected chi connectivity index (χ4v) is 2.78. The second-order valence-electron chi connectivity index (χ2n) is 5.50. The summed E-state index contributed by atoms with van der Waals surface area (Å²) in [5, 5.41) is 3.15. The lowest BCUT2D eigenvalue weighted by Crippen LogP contribution is -2.37. The van der Waals surface area contributed by atoms with Gasteiger partial charge in [0, 0.05) is 18.2 Å². The number of nitrogens with one attached hydrogen (secondary N) is 1. The number of amides is 1. The Morgan fingerprint density at radius 1 is 1.21 bits per heavy atom. The van der Waals surface area contributed by atoms with Crippen LogP contribution in [-0.2, 0) is 6.54 Å². The van der Waals surface area contributed by atoms with Gasteiger partial charge in [-0.1, -0.05) is 25.5 Å². The molecule has 0 unspecified atom stereocenters. The van der Waals surface area contributed by atoms with E-state index in [2.05, 4.69) is 12.2 Å². The smallest absolute Gasteiger partial charge is 0.251 e. The number of rotatable bonds is 4. The molecule has 1 amide bonds. The third-order valence-corrected chi connectivity index (χ3v) is 4.21. The topological polar surface area (TPSA) is 55.1 Å². The molecule has 1 aromatic carbocycles. The first-order valence-corrected chi connectivity index (χ1v) is 7.32. The predicted molar refractivity (Wildman–Crippen MR) is 77.8 cm³/mol. The molecule has 1 aliphatic rings. The van der Waals surface area contributed by atoms with Crippen molar-refractivity contribution in [3.05, 3.63) is 35.4 Å². The minimum absolute atomic E-state index is 0.0449. The summed E-state index contributed by atoms with van der Waals surface area (Å²) in [7, 11) is 0. The van der Waals surface area contributed by atoms with Gasteiger partial charge in [-0.25, -0.2) is 0 Å². The number of hydrogen-bond donors (Lipinski definition) is 2. The van der Waals surface area contributed by atoms with Crippen molar-refractivity contribution in [2.45, 2.75) is 51.6 Å². The zero-order chi connectivity index (χ0) is 13.7. The summed E-state index contributed by atoms with van der Waals surface area (Å²) in [6, 6.07) is 7.90. The summed E-state index contributed by atoms with van der Waals surface area (Å²) < 4.78 is 0. The molecule has 0 heterocycles. The van der Waals surface area contributed by atoms with E-state index in [0.717, 1.165) is 29.9 Å². The van der Waals surface area contributed by atoms with E-state index in [9.17, 15) is 4.79 Å². The van der Waals surface area contributed by atoms with Crippen molar-refractivity contribution in [1.29, 1.82) is 0 Å². The van der Waals surface area contributed by atoms with Crippen LogP contribution in [0.25, 0.3) is 0 Å². The van der Waals surface area contributed by atoms with Gasteiger partial charge < -0.3 is 11.1 Å². The van der Waals surface area contributed by atoms with Gasteiger partial charge in [-0.15, -0.1) is 0 Å². The Hall–Kier alpha value is -1.35. The standard InChI is InChI=1S/C16H24N2O/c1-2-12-5-9-15(10-6-12)18-16(19)14-7-3-13(11-17)4-8-14/h3-4,7-8,12,15H,2,5-6,9-11,17H2,1H3,(H,18,19). The van der Waals surface area contributed by atoms with Crippen molar-refractivity contribution in [3.8, 4) is 0 Å². The van der Waals surface area contributed by atoms with Crippen LogP contribution in [0.5, 0.6) is 0 Å². The van der Waals surface area contributed by atoms with E-state index in [0.29, 0.717) is 12.6 Å². The first-order chi connectivity index (χ1) is 9.22. The molecule has 0 spiro atoms. The summed E-state index contributed by atoms with van der Waals surface area (Å²) in [6.07, 6.45) is 5.98. The Bertz CT molecular complexity index is 405. The van der Waals surface area contributed by atoms with Crippen molar-refractivity contribution in [2.24, 2.45) is 11.7 Å². The molecule has 0 bridgehead atoms. The number of carbonyl (C=O) groups excluding carboxylic acids is 1. The largest absolute Gasteiger partial charge is 0.349 e. The Balaban J connectivity index is 1.87. The highest BCUT2D eigenvalue weighted by Crippen LogP contribution is 2.26. The van der Waals surface area contributed by atoms with Crippen molar-refractivity contribution in [3.63, 3.8) is 0 Å². The molecule has 0 radical (unpaired) electrons. The zero-order valence-corrected chi connectivity index (χ0v) is 11.7. The molecule has 0 saturated heterocycles. The Morgan fingerprint density at radius 2 is 1.84 bits per heavy atom. The molecular weight excluding hydrogens is 236 g/mol. The highest BCUT2D eigenvalue weighted by atomic mass is 16.1. The average Bonchev–Trinajstić information content (AvgIpc) is 2.48. The summed E-state index contributed by atoms with van der Waals surface area (Å²) in [5.41, 5.74) is 7.34. The maximum atomic E-state index is 12.1. The Kier molecular flexibility index (Phi) is 4.97. The van der Waals surface area contributed by atoms with Crippen LogP contribution in [0.2, 0.25) is 0 Å². The van der Waals surface area contributed by atoms with Crippen LogP contribution < -0.4 is 11.1 Å². The fourth-order valence-electron chi connectivity index (χ4n) is 2.78. The molecule has 0 aliphatic heterocycles. The molecule has 19 heavy (non-hydrogen) atoms. The SMILES string of the molecule is CCC1CCC(NC(=O)c2ccc(CN)cc2)CC1. The molecule has 0 atom stereocenters. The second kappa shape index (κ2) is 6.71. The van der Waals surface area contributed by atoms with Crippen LogP contribution in [0.15, 0.2) is 24.3 Å². The van der Waals surface area contributed by atoms with E-state index in [4.69, 9.17) is 5.73 Å². The van der Waals surface area contributed by atoms with E-state index in [1.165, 1.54) is 19.3 Å². The zero-order valence-electron chi connectivity index (χ0n) is 11.7. The van der Waals surface area contributed by atoms with Crippen LogP contribution in [0, 0.1) is 5.92 Å². The summed E-state index contributed by atoms with van der Waals surface area (Å²) in [5.74, 6) is 0.903. The molecule has 3 N–H and O–H groups in total. The molecule has 1 saturated carbocycles. The lowest BCUT2D eigenvalue weighted by Gasteiger charge is -2.28. The highest BCUT2D eigenvalue weighted by Gasteiger charge is 2.21. The van der Waals surface area contributed by atoms with E-state index >= 15 is 0 Å². The van der Waals surface area contributed by atoms with Crippen LogP contribution in [0.3, 0.4) is 0 Å². The molecule has 1 fully saturated rings. The number of nitrogens with two attached hydrogens (primary N) is 1. The molecule has 3 nitrogen and oxygen atoms in total. The Labute approximate surface area is 115 Å². The minimum Gasteiger partial charge on any atom is -0.349 e. The quantitative estimate of drug-likeness (QED) is 0.874. The van der Waals surface area contributed by atoms with Gasteiger partial charge in [0.05, 0.1) is 0 Å². The fraction of sp³-hybridized carbons (Fsp3) is 0.562. The van der Waals surface area contributed by atoms with Gasteiger partial charge in [0.2, 0.25) is 0 Å². The summed E-state index contributed by atoms with van der Waals surface area (Å²) in [4.78, 5) is 12.1. The first kappa shape index (κ1) is 14.1. The van der Waals surface area contributed by atoms with E-state index in [1.807, 2.05) is 24.3 Å². The van der Waals surface area contributed by atoms with Crippen LogP contribution in [0.1, 0.15) is 54.9 Å². The van der Waals surface area contributed by atoms with Gasteiger partial charge in [-0.2, -0.15) is 0 Å². The van der Waals surface area contributed by atoms with Gasteiger partial charge in [-0.05, 0) is 49.3 Å². The Morgan fingerprint density at radius 3 is 2.37 bits per heavy atom. The van der Waals surface area contributed by atoms with E-state index in [1.54, 1.807) is 0 Å². The van der Waals surface area contributed by atoms with E-state index < -0.39 is 0 Å². The van der Waals surface area contributed by atoms with Gasteiger partial charge in [0.25, 0.3) is 5.91 Å². The van der Waals surface area contributed by atoms with Crippen molar-refractivity contribution in [1.82, 2.24) is 5.32 Å². The van der Waals surface area contributed by atoms with Gasteiger partial charge in [0.1, 0.15) is 0 Å². The van der Waals surface area contributed by atoms with Crippen LogP contribution >= 0.6 is 0 Å². The molecule has 0 aromatic heterocycles. The lowest BCUT2D eigenvalue weighted by molar-refractivity contribution is 0.0921. The van der Waals surface area contributed by atoms with E-state index in [-0.39, 0.29) is 5.91 Å². The number of benzene rings is 1. The maximum Gasteiger partial charge on any atom is 0.251 e. The van der Waals surface area contributed by atoms with Gasteiger partial charge >= 0.3 is 0 Å².